The summed E-state index contributed by atoms with van der Waals surface area (Å²) in [6.07, 6.45) is 3.17. The number of amides is 1. The summed E-state index contributed by atoms with van der Waals surface area (Å²) < 4.78 is 7.00. The first-order valence-electron chi connectivity index (χ1n) is 7.05. The molecule has 0 bridgehead atoms. The Bertz CT molecular complexity index is 711. The number of carbonyl (C=O) groups is 1. The average molecular weight is 285 g/mol. The summed E-state index contributed by atoms with van der Waals surface area (Å²) in [4.78, 5) is 14.3. The molecule has 1 amide bonds. The number of rotatable bonds is 1. The summed E-state index contributed by atoms with van der Waals surface area (Å²) in [5.74, 6) is 1.67. The SMILES string of the molecule is COc1ccc2c(c1)-n1nnnc1CC1CCCC(=O)N21. The predicted octanol–water partition coefficient (Wildman–Crippen LogP) is 1.11. The number of piperidine rings is 1. The molecule has 0 radical (unpaired) electrons. The monoisotopic (exact) mass is 285 g/mol. The Morgan fingerprint density at radius 2 is 2.24 bits per heavy atom. The Labute approximate surface area is 121 Å². The summed E-state index contributed by atoms with van der Waals surface area (Å²) in [7, 11) is 1.62. The molecule has 0 aliphatic carbocycles. The van der Waals surface area contributed by atoms with Crippen LogP contribution in [-0.2, 0) is 11.2 Å². The molecule has 7 heteroatoms. The van der Waals surface area contributed by atoms with Crippen LogP contribution in [0.2, 0.25) is 0 Å². The Hall–Kier alpha value is -2.44. The molecule has 1 aromatic carbocycles. The van der Waals surface area contributed by atoms with Gasteiger partial charge in [0.25, 0.3) is 0 Å². The Morgan fingerprint density at radius 1 is 1.33 bits per heavy atom. The van der Waals surface area contributed by atoms with E-state index in [-0.39, 0.29) is 11.9 Å². The number of nitrogens with zero attached hydrogens (tertiary/aromatic N) is 5. The average Bonchev–Trinajstić information content (AvgIpc) is 2.90. The second-order valence-corrected chi connectivity index (χ2v) is 5.38. The van der Waals surface area contributed by atoms with Gasteiger partial charge in [-0.2, -0.15) is 4.68 Å². The van der Waals surface area contributed by atoms with E-state index in [0.29, 0.717) is 12.8 Å². The van der Waals surface area contributed by atoms with Crippen molar-refractivity contribution in [3.63, 3.8) is 0 Å². The normalized spacial score (nSPS) is 20.3. The molecule has 7 nitrogen and oxygen atoms in total. The van der Waals surface area contributed by atoms with Crippen LogP contribution in [0.4, 0.5) is 5.69 Å². The molecule has 21 heavy (non-hydrogen) atoms. The Balaban J connectivity index is 1.95. The fraction of sp³-hybridized carbons (Fsp3) is 0.429. The molecule has 1 aromatic heterocycles. The number of carbonyl (C=O) groups excluding carboxylic acids is 1. The van der Waals surface area contributed by atoms with Crippen LogP contribution in [0.1, 0.15) is 25.1 Å². The van der Waals surface area contributed by atoms with Crippen LogP contribution in [0.15, 0.2) is 18.2 Å². The standard InChI is InChI=1S/C14H15N5O2/c1-21-10-5-6-11-12(8-10)19-13(15-16-17-19)7-9-3-2-4-14(20)18(9)11/h5-6,8-9H,2-4,7H2,1H3. The topological polar surface area (TPSA) is 73.1 Å². The van der Waals surface area contributed by atoms with Crippen LogP contribution in [0.5, 0.6) is 5.75 Å². The second-order valence-electron chi connectivity index (χ2n) is 5.38. The predicted molar refractivity (Wildman–Crippen MR) is 74.5 cm³/mol. The molecule has 2 aliphatic rings. The molecule has 1 fully saturated rings. The van der Waals surface area contributed by atoms with Crippen molar-refractivity contribution in [3.8, 4) is 11.4 Å². The first-order chi connectivity index (χ1) is 10.3. The minimum Gasteiger partial charge on any atom is -0.497 e. The number of aromatic nitrogens is 4. The van der Waals surface area contributed by atoms with Gasteiger partial charge in [0.05, 0.1) is 18.5 Å². The van der Waals surface area contributed by atoms with Gasteiger partial charge in [0.1, 0.15) is 5.75 Å². The Morgan fingerprint density at radius 3 is 3.10 bits per heavy atom. The van der Waals surface area contributed by atoms with E-state index in [9.17, 15) is 4.79 Å². The molecular formula is C14H15N5O2. The smallest absolute Gasteiger partial charge is 0.227 e. The van der Waals surface area contributed by atoms with E-state index in [0.717, 1.165) is 35.8 Å². The van der Waals surface area contributed by atoms with Crippen LogP contribution < -0.4 is 9.64 Å². The summed E-state index contributed by atoms with van der Waals surface area (Å²) in [6.45, 7) is 0. The number of fused-ring (bicyclic) bond motifs is 5. The lowest BCUT2D eigenvalue weighted by atomic mass is 9.98. The number of hydrogen-bond donors (Lipinski definition) is 0. The van der Waals surface area contributed by atoms with E-state index in [1.807, 2.05) is 23.1 Å². The van der Waals surface area contributed by atoms with E-state index >= 15 is 0 Å². The van der Waals surface area contributed by atoms with Gasteiger partial charge in [0, 0.05) is 24.9 Å². The molecule has 0 saturated carbocycles. The first-order valence-corrected chi connectivity index (χ1v) is 7.05. The molecule has 3 heterocycles. The van der Waals surface area contributed by atoms with Gasteiger partial charge in [-0.25, -0.2) is 0 Å². The van der Waals surface area contributed by atoms with Crippen molar-refractivity contribution >= 4 is 11.6 Å². The Kier molecular flexibility index (Phi) is 2.66. The van der Waals surface area contributed by atoms with Crippen molar-refractivity contribution in [1.82, 2.24) is 20.2 Å². The molecule has 108 valence electrons. The molecule has 2 aliphatic heterocycles. The van der Waals surface area contributed by atoms with Crippen molar-refractivity contribution in [2.75, 3.05) is 12.0 Å². The van der Waals surface area contributed by atoms with Crippen molar-refractivity contribution in [2.45, 2.75) is 31.7 Å². The lowest BCUT2D eigenvalue weighted by Crippen LogP contribution is -2.44. The van der Waals surface area contributed by atoms with Crippen LogP contribution in [0, 0.1) is 0 Å². The lowest BCUT2D eigenvalue weighted by Gasteiger charge is -2.34. The van der Waals surface area contributed by atoms with E-state index < -0.39 is 0 Å². The molecule has 0 spiro atoms. The van der Waals surface area contributed by atoms with Crippen LogP contribution >= 0.6 is 0 Å². The maximum Gasteiger partial charge on any atom is 0.227 e. The number of benzene rings is 1. The molecule has 4 rings (SSSR count). The quantitative estimate of drug-likeness (QED) is 0.785. The van der Waals surface area contributed by atoms with Gasteiger partial charge in [-0.15, -0.1) is 5.10 Å². The third-order valence-electron chi connectivity index (χ3n) is 4.18. The molecule has 2 aromatic rings. The summed E-state index contributed by atoms with van der Waals surface area (Å²) in [5.41, 5.74) is 1.66. The summed E-state index contributed by atoms with van der Waals surface area (Å²) >= 11 is 0. The number of anilines is 1. The van der Waals surface area contributed by atoms with E-state index in [1.165, 1.54) is 0 Å². The van der Waals surface area contributed by atoms with Crippen LogP contribution in [0.3, 0.4) is 0 Å². The van der Waals surface area contributed by atoms with Crippen molar-refractivity contribution < 1.29 is 9.53 Å². The fourth-order valence-corrected chi connectivity index (χ4v) is 3.20. The van der Waals surface area contributed by atoms with Gasteiger partial charge in [0.2, 0.25) is 5.91 Å². The number of tetrazole rings is 1. The highest BCUT2D eigenvalue weighted by molar-refractivity contribution is 5.97. The second kappa shape index (κ2) is 4.54. The highest BCUT2D eigenvalue weighted by Crippen LogP contribution is 2.36. The lowest BCUT2D eigenvalue weighted by molar-refractivity contribution is -0.120. The van der Waals surface area contributed by atoms with Crippen molar-refractivity contribution in [2.24, 2.45) is 0 Å². The number of hydrogen-bond acceptors (Lipinski definition) is 5. The summed E-state index contributed by atoms with van der Waals surface area (Å²) in [6, 6.07) is 5.79. The highest BCUT2D eigenvalue weighted by Gasteiger charge is 2.35. The third kappa shape index (κ3) is 1.80. The third-order valence-corrected chi connectivity index (χ3v) is 4.18. The fourth-order valence-electron chi connectivity index (χ4n) is 3.20. The van der Waals surface area contributed by atoms with Gasteiger partial charge in [-0.3, -0.25) is 4.79 Å². The van der Waals surface area contributed by atoms with Crippen LogP contribution in [-0.4, -0.2) is 39.3 Å². The zero-order chi connectivity index (χ0) is 14.4. The molecule has 1 atom stereocenters. The highest BCUT2D eigenvalue weighted by atomic mass is 16.5. The van der Waals surface area contributed by atoms with E-state index in [1.54, 1.807) is 11.8 Å². The maximum absolute atomic E-state index is 12.4. The van der Waals surface area contributed by atoms with Gasteiger partial charge < -0.3 is 9.64 Å². The van der Waals surface area contributed by atoms with Gasteiger partial charge in [0.15, 0.2) is 5.82 Å². The minimum absolute atomic E-state index is 0.130. The van der Waals surface area contributed by atoms with Crippen molar-refractivity contribution in [1.29, 1.82) is 0 Å². The summed E-state index contributed by atoms with van der Waals surface area (Å²) in [5, 5.41) is 12.0. The zero-order valence-corrected chi connectivity index (χ0v) is 11.7. The first kappa shape index (κ1) is 12.3. The minimum atomic E-state index is 0.130. The number of methoxy groups -OCH3 is 1. The maximum atomic E-state index is 12.4. The van der Waals surface area contributed by atoms with Crippen LogP contribution in [0.25, 0.3) is 5.69 Å². The largest absolute Gasteiger partial charge is 0.497 e. The number of ether oxygens (including phenoxy) is 1. The van der Waals surface area contributed by atoms with Gasteiger partial charge in [-0.1, -0.05) is 0 Å². The molecule has 1 unspecified atom stereocenters. The molecular weight excluding hydrogens is 270 g/mol. The van der Waals surface area contributed by atoms with Gasteiger partial charge in [-0.05, 0) is 35.4 Å². The van der Waals surface area contributed by atoms with E-state index in [4.69, 9.17) is 4.74 Å². The van der Waals surface area contributed by atoms with Gasteiger partial charge >= 0.3 is 0 Å². The molecule has 1 saturated heterocycles. The van der Waals surface area contributed by atoms with Crippen molar-refractivity contribution in [3.05, 3.63) is 24.0 Å². The van der Waals surface area contributed by atoms with E-state index in [2.05, 4.69) is 15.5 Å². The molecule has 0 N–H and O–H groups in total. The zero-order valence-electron chi connectivity index (χ0n) is 11.7.